The summed E-state index contributed by atoms with van der Waals surface area (Å²) in [6.07, 6.45) is 1.99. The summed E-state index contributed by atoms with van der Waals surface area (Å²) in [4.78, 5) is 4.54. The predicted molar refractivity (Wildman–Crippen MR) is 115 cm³/mol. The van der Waals surface area contributed by atoms with E-state index in [0.717, 1.165) is 40.5 Å². The van der Waals surface area contributed by atoms with Gasteiger partial charge in [0, 0.05) is 11.6 Å². The summed E-state index contributed by atoms with van der Waals surface area (Å²) in [5, 5.41) is 9.75. The van der Waals surface area contributed by atoms with Crippen molar-refractivity contribution in [3.05, 3.63) is 72.3 Å². The Kier molecular flexibility index (Phi) is 4.89. The van der Waals surface area contributed by atoms with Crippen LogP contribution in [-0.4, -0.2) is 16.7 Å². The van der Waals surface area contributed by atoms with Gasteiger partial charge in [0.25, 0.3) is 0 Å². The fraction of sp³-hybridized carbons (Fsp3) is 0.240. The minimum absolute atomic E-state index is 0.537. The zero-order chi connectivity index (χ0) is 20.5. The third-order valence-electron chi connectivity index (χ3n) is 5.22. The monoisotopic (exact) mass is 401 g/mol. The maximum atomic E-state index is 9.75. The van der Waals surface area contributed by atoms with Gasteiger partial charge >= 0.3 is 0 Å². The van der Waals surface area contributed by atoms with E-state index in [1.54, 1.807) is 6.92 Å². The normalized spacial score (nSPS) is 14.6. The van der Waals surface area contributed by atoms with Crippen LogP contribution in [0.5, 0.6) is 17.2 Å². The molecule has 1 aliphatic rings. The first-order valence-electron chi connectivity index (χ1n) is 10.2. The lowest BCUT2D eigenvalue weighted by Crippen LogP contribution is -1.98. The van der Waals surface area contributed by atoms with Crippen molar-refractivity contribution in [2.45, 2.75) is 25.9 Å². The molecule has 1 heterocycles. The Balaban J connectivity index is 1.30. The number of aliphatic hydroxyl groups is 1. The van der Waals surface area contributed by atoms with Crippen molar-refractivity contribution in [1.29, 1.82) is 0 Å². The van der Waals surface area contributed by atoms with Crippen LogP contribution in [-0.2, 0) is 0 Å². The molecule has 1 fully saturated rings. The molecule has 5 rings (SSSR count). The van der Waals surface area contributed by atoms with Crippen molar-refractivity contribution < 1.29 is 19.0 Å². The number of ether oxygens (including phenoxy) is 2. The highest BCUT2D eigenvalue weighted by molar-refractivity contribution is 5.77. The highest BCUT2D eigenvalue weighted by atomic mass is 16.5. The van der Waals surface area contributed by atoms with Gasteiger partial charge in [-0.15, -0.1) is 0 Å². The number of fused-ring (bicyclic) bond motifs is 1. The van der Waals surface area contributed by atoms with Crippen LogP contribution in [0.3, 0.4) is 0 Å². The van der Waals surface area contributed by atoms with Gasteiger partial charge in [-0.2, -0.15) is 0 Å². The largest absolute Gasteiger partial charge is 0.493 e. The second-order valence-electron chi connectivity index (χ2n) is 7.78. The lowest BCUT2D eigenvalue weighted by molar-refractivity contribution is 0.199. The molecule has 30 heavy (non-hydrogen) atoms. The van der Waals surface area contributed by atoms with Gasteiger partial charge < -0.3 is 19.0 Å². The molecule has 152 valence electrons. The molecule has 1 unspecified atom stereocenters. The van der Waals surface area contributed by atoms with Gasteiger partial charge in [-0.1, -0.05) is 12.1 Å². The first-order valence-corrected chi connectivity index (χ1v) is 10.2. The quantitative estimate of drug-likeness (QED) is 0.404. The summed E-state index contributed by atoms with van der Waals surface area (Å²) in [6.45, 7) is 2.51. The molecule has 1 saturated carbocycles. The molecule has 4 aromatic rings. The summed E-state index contributed by atoms with van der Waals surface area (Å²) in [5.41, 5.74) is 3.08. The molecule has 1 N–H and O–H groups in total. The number of oxazole rings is 1. The number of rotatable bonds is 7. The van der Waals surface area contributed by atoms with Crippen molar-refractivity contribution in [3.8, 4) is 28.7 Å². The van der Waals surface area contributed by atoms with Gasteiger partial charge in [0.15, 0.2) is 5.58 Å². The van der Waals surface area contributed by atoms with Gasteiger partial charge in [-0.3, -0.25) is 0 Å². The van der Waals surface area contributed by atoms with E-state index in [-0.39, 0.29) is 0 Å². The summed E-state index contributed by atoms with van der Waals surface area (Å²) >= 11 is 0. The van der Waals surface area contributed by atoms with Crippen molar-refractivity contribution in [1.82, 2.24) is 4.98 Å². The number of benzene rings is 3. The Bertz CT molecular complexity index is 1160. The second-order valence-corrected chi connectivity index (χ2v) is 7.78. The van der Waals surface area contributed by atoms with E-state index in [1.165, 1.54) is 12.8 Å². The van der Waals surface area contributed by atoms with E-state index in [2.05, 4.69) is 4.98 Å². The van der Waals surface area contributed by atoms with Crippen LogP contribution in [0.4, 0.5) is 0 Å². The zero-order valence-electron chi connectivity index (χ0n) is 16.7. The van der Waals surface area contributed by atoms with Gasteiger partial charge in [-0.05, 0) is 79.8 Å². The van der Waals surface area contributed by atoms with Crippen LogP contribution < -0.4 is 9.47 Å². The van der Waals surface area contributed by atoms with Crippen LogP contribution >= 0.6 is 0 Å². The van der Waals surface area contributed by atoms with E-state index in [0.29, 0.717) is 17.4 Å². The van der Waals surface area contributed by atoms with Gasteiger partial charge in [0.2, 0.25) is 5.89 Å². The summed E-state index contributed by atoms with van der Waals surface area (Å²) < 4.78 is 17.7. The summed E-state index contributed by atoms with van der Waals surface area (Å²) in [5.74, 6) is 3.55. The number of nitrogens with zero attached hydrogens (tertiary/aromatic N) is 1. The highest BCUT2D eigenvalue weighted by Gasteiger charge is 2.21. The molecular formula is C25H23NO4. The summed E-state index contributed by atoms with van der Waals surface area (Å²) in [7, 11) is 0. The Morgan fingerprint density at radius 3 is 2.57 bits per heavy atom. The predicted octanol–water partition coefficient (Wildman–Crippen LogP) is 6.13. The van der Waals surface area contributed by atoms with Crippen LogP contribution in [0.1, 0.15) is 31.4 Å². The van der Waals surface area contributed by atoms with E-state index in [1.807, 2.05) is 66.7 Å². The maximum absolute atomic E-state index is 9.75. The van der Waals surface area contributed by atoms with E-state index in [4.69, 9.17) is 13.9 Å². The molecule has 0 saturated heterocycles. The van der Waals surface area contributed by atoms with Crippen LogP contribution in [0.25, 0.3) is 22.6 Å². The molecule has 1 aromatic heterocycles. The van der Waals surface area contributed by atoms with E-state index < -0.39 is 6.10 Å². The number of aromatic nitrogens is 1. The fourth-order valence-corrected chi connectivity index (χ4v) is 3.25. The first kappa shape index (κ1) is 18.7. The van der Waals surface area contributed by atoms with Crippen molar-refractivity contribution in [2.75, 3.05) is 6.61 Å². The third-order valence-corrected chi connectivity index (χ3v) is 5.22. The topological polar surface area (TPSA) is 64.7 Å². The Labute approximate surface area is 174 Å². The number of aliphatic hydroxyl groups excluding tert-OH is 1. The molecule has 3 aromatic carbocycles. The SMILES string of the molecule is CC(O)c1ccc2nc(-c3ccc(Oc4cccc(OCC5CC5)c4)cc3)oc2c1. The van der Waals surface area contributed by atoms with Crippen LogP contribution in [0, 0.1) is 5.92 Å². The Morgan fingerprint density at radius 1 is 1.00 bits per heavy atom. The first-order chi connectivity index (χ1) is 14.6. The van der Waals surface area contributed by atoms with Crippen LogP contribution in [0.2, 0.25) is 0 Å². The van der Waals surface area contributed by atoms with Gasteiger partial charge in [0.05, 0.1) is 12.7 Å². The Morgan fingerprint density at radius 2 is 1.80 bits per heavy atom. The standard InChI is InChI=1S/C25H23NO4/c1-16(27)19-9-12-23-24(13-19)30-25(26-23)18-7-10-20(11-8-18)29-22-4-2-3-21(14-22)28-15-17-5-6-17/h2-4,7-14,16-17,27H,5-6,15H2,1H3. The molecular weight excluding hydrogens is 378 g/mol. The zero-order valence-corrected chi connectivity index (χ0v) is 16.7. The molecule has 5 heteroatoms. The maximum Gasteiger partial charge on any atom is 0.227 e. The summed E-state index contributed by atoms with van der Waals surface area (Å²) in [6, 6.07) is 20.9. The van der Waals surface area contributed by atoms with E-state index >= 15 is 0 Å². The lowest BCUT2D eigenvalue weighted by atomic mass is 10.1. The molecule has 0 aliphatic heterocycles. The average molecular weight is 401 g/mol. The van der Waals surface area contributed by atoms with Crippen molar-refractivity contribution in [3.63, 3.8) is 0 Å². The molecule has 5 nitrogen and oxygen atoms in total. The van der Waals surface area contributed by atoms with Gasteiger partial charge in [0.1, 0.15) is 22.8 Å². The fourth-order valence-electron chi connectivity index (χ4n) is 3.25. The van der Waals surface area contributed by atoms with Crippen molar-refractivity contribution >= 4 is 11.1 Å². The third kappa shape index (κ3) is 4.16. The van der Waals surface area contributed by atoms with Crippen molar-refractivity contribution in [2.24, 2.45) is 5.92 Å². The Hall–Kier alpha value is -3.31. The minimum Gasteiger partial charge on any atom is -0.493 e. The molecule has 0 bridgehead atoms. The number of hydrogen-bond donors (Lipinski definition) is 1. The second kappa shape index (κ2) is 7.84. The molecule has 1 atom stereocenters. The molecule has 1 aliphatic carbocycles. The lowest BCUT2D eigenvalue weighted by Gasteiger charge is -2.09. The minimum atomic E-state index is -0.544. The van der Waals surface area contributed by atoms with Crippen LogP contribution in [0.15, 0.2) is 71.1 Å². The van der Waals surface area contributed by atoms with E-state index in [9.17, 15) is 5.11 Å². The highest BCUT2D eigenvalue weighted by Crippen LogP contribution is 2.32. The smallest absolute Gasteiger partial charge is 0.227 e. The molecule has 0 radical (unpaired) electrons. The molecule has 0 spiro atoms. The average Bonchev–Trinajstić information content (AvgIpc) is 3.49. The molecule has 0 amide bonds. The van der Waals surface area contributed by atoms with Gasteiger partial charge in [-0.25, -0.2) is 4.98 Å². The number of hydrogen-bond acceptors (Lipinski definition) is 5.